The van der Waals surface area contributed by atoms with Crippen molar-refractivity contribution in [2.24, 2.45) is 5.92 Å². The first-order chi connectivity index (χ1) is 3.70. The van der Waals surface area contributed by atoms with E-state index in [1.54, 1.807) is 0 Å². The highest BCUT2D eigenvalue weighted by atomic mass is 32.2. The van der Waals surface area contributed by atoms with Gasteiger partial charge >= 0.3 is 0 Å². The van der Waals surface area contributed by atoms with Crippen molar-refractivity contribution < 1.29 is 8.42 Å². The van der Waals surface area contributed by atoms with Crippen LogP contribution in [-0.4, -0.2) is 19.4 Å². The summed E-state index contributed by atoms with van der Waals surface area (Å²) in [7, 11) is -2.55. The molecule has 0 aromatic heterocycles. The van der Waals surface area contributed by atoms with Gasteiger partial charge in [-0.15, -0.1) is 0 Å². The summed E-state index contributed by atoms with van der Waals surface area (Å²) in [5.41, 5.74) is 0. The van der Waals surface area contributed by atoms with Crippen molar-refractivity contribution in [3.05, 3.63) is 0 Å². The highest BCUT2D eigenvalue weighted by molar-refractivity contribution is 7.92. The average molecular weight is 132 g/mol. The zero-order chi connectivity index (χ0) is 5.78. The third-order valence-electron chi connectivity index (χ3n) is 2.09. The van der Waals surface area contributed by atoms with Crippen LogP contribution in [0.4, 0.5) is 0 Å². The molecule has 1 aliphatic carbocycles. The highest BCUT2D eigenvalue weighted by Gasteiger charge is 2.52. The van der Waals surface area contributed by atoms with Gasteiger partial charge in [-0.3, -0.25) is 0 Å². The number of hydrogen-bond acceptors (Lipinski definition) is 2. The second-order valence-corrected chi connectivity index (χ2v) is 5.03. The van der Waals surface area contributed by atoms with E-state index >= 15 is 0 Å². The lowest BCUT2D eigenvalue weighted by molar-refractivity contribution is 0.598. The zero-order valence-electron chi connectivity index (χ0n) is 4.50. The van der Waals surface area contributed by atoms with Gasteiger partial charge in [-0.1, -0.05) is 0 Å². The van der Waals surface area contributed by atoms with Crippen molar-refractivity contribution in [3.63, 3.8) is 0 Å². The molecular weight excluding hydrogens is 124 g/mol. The smallest absolute Gasteiger partial charge is 0.153 e. The molecule has 0 spiro atoms. The lowest BCUT2D eigenvalue weighted by Gasteiger charge is -1.88. The molecule has 2 unspecified atom stereocenters. The van der Waals surface area contributed by atoms with Gasteiger partial charge in [-0.2, -0.15) is 0 Å². The molecule has 0 N–H and O–H groups in total. The predicted molar refractivity (Wildman–Crippen MR) is 30.3 cm³/mol. The highest BCUT2D eigenvalue weighted by Crippen LogP contribution is 2.46. The molecular formula is C5H8O2S. The van der Waals surface area contributed by atoms with Gasteiger partial charge in [0, 0.05) is 0 Å². The SMILES string of the molecule is O=S1(=O)CCC2CC21. The maximum Gasteiger partial charge on any atom is 0.153 e. The van der Waals surface area contributed by atoms with Gasteiger partial charge < -0.3 is 0 Å². The molecule has 0 radical (unpaired) electrons. The third kappa shape index (κ3) is 0.452. The summed E-state index contributed by atoms with van der Waals surface area (Å²) in [6.45, 7) is 0. The fourth-order valence-corrected chi connectivity index (χ4v) is 3.63. The van der Waals surface area contributed by atoms with Crippen LogP contribution < -0.4 is 0 Å². The minimum Gasteiger partial charge on any atom is -0.229 e. The molecule has 0 aromatic rings. The first-order valence-corrected chi connectivity index (χ1v) is 4.63. The minimum absolute atomic E-state index is 0.0995. The standard InChI is InChI=1S/C5H8O2S/c6-8(7)2-1-4-3-5(4)8/h4-5H,1-3H2. The summed E-state index contributed by atoms with van der Waals surface area (Å²) in [5.74, 6) is 1.03. The summed E-state index contributed by atoms with van der Waals surface area (Å²) in [4.78, 5) is 0. The van der Waals surface area contributed by atoms with Crippen molar-refractivity contribution in [2.75, 3.05) is 5.75 Å². The first-order valence-electron chi connectivity index (χ1n) is 2.92. The minimum atomic E-state index is -2.55. The van der Waals surface area contributed by atoms with Crippen molar-refractivity contribution in [2.45, 2.75) is 18.1 Å². The molecule has 46 valence electrons. The molecule has 2 atom stereocenters. The van der Waals surface area contributed by atoms with Crippen molar-refractivity contribution in [1.29, 1.82) is 0 Å². The summed E-state index contributed by atoms with van der Waals surface area (Å²) >= 11 is 0. The molecule has 2 fully saturated rings. The van der Waals surface area contributed by atoms with Crippen LogP contribution in [0.3, 0.4) is 0 Å². The maximum atomic E-state index is 10.8. The van der Waals surface area contributed by atoms with Crippen molar-refractivity contribution in [3.8, 4) is 0 Å². The van der Waals surface area contributed by atoms with E-state index in [-0.39, 0.29) is 5.25 Å². The molecule has 2 nitrogen and oxygen atoms in total. The second kappa shape index (κ2) is 1.10. The molecule has 2 aliphatic rings. The van der Waals surface area contributed by atoms with E-state index in [1.165, 1.54) is 0 Å². The van der Waals surface area contributed by atoms with Crippen LogP contribution in [-0.2, 0) is 9.84 Å². The van der Waals surface area contributed by atoms with E-state index in [0.717, 1.165) is 12.8 Å². The number of rotatable bonds is 0. The Hall–Kier alpha value is -0.0500. The van der Waals surface area contributed by atoms with Crippen molar-refractivity contribution >= 4 is 9.84 Å². The Bertz CT molecular complexity index is 204. The van der Waals surface area contributed by atoms with E-state index < -0.39 is 9.84 Å². The predicted octanol–water partition coefficient (Wildman–Crippen LogP) is 0.193. The Kier molecular flexibility index (Phi) is 0.660. The molecule has 1 heterocycles. The Balaban J connectivity index is 2.42. The average Bonchev–Trinajstić information content (AvgIpc) is 2.34. The molecule has 0 bridgehead atoms. The Morgan fingerprint density at radius 2 is 2.12 bits per heavy atom. The third-order valence-corrected chi connectivity index (χ3v) is 4.40. The number of fused-ring (bicyclic) bond motifs is 1. The summed E-state index contributed by atoms with van der Waals surface area (Å²) in [5, 5.41) is 0.0995. The van der Waals surface area contributed by atoms with Crippen LogP contribution in [0.2, 0.25) is 0 Å². The Morgan fingerprint density at radius 1 is 1.38 bits per heavy atom. The molecule has 2 rings (SSSR count). The van der Waals surface area contributed by atoms with Crippen LogP contribution in [0.15, 0.2) is 0 Å². The van der Waals surface area contributed by atoms with Crippen molar-refractivity contribution in [1.82, 2.24) is 0 Å². The van der Waals surface area contributed by atoms with Gasteiger partial charge in [-0.05, 0) is 18.8 Å². The van der Waals surface area contributed by atoms with Crippen LogP contribution in [0.1, 0.15) is 12.8 Å². The van der Waals surface area contributed by atoms with Crippen LogP contribution >= 0.6 is 0 Å². The lowest BCUT2D eigenvalue weighted by Crippen LogP contribution is -2.04. The molecule has 1 aliphatic heterocycles. The first kappa shape index (κ1) is 4.79. The van der Waals surface area contributed by atoms with Gasteiger partial charge in [0.15, 0.2) is 9.84 Å². The monoisotopic (exact) mass is 132 g/mol. The summed E-state index contributed by atoms with van der Waals surface area (Å²) in [6, 6.07) is 0. The van der Waals surface area contributed by atoms with Gasteiger partial charge in [0.05, 0.1) is 11.0 Å². The molecule has 0 aromatic carbocycles. The van der Waals surface area contributed by atoms with E-state index in [1.807, 2.05) is 0 Å². The van der Waals surface area contributed by atoms with Crippen LogP contribution in [0.5, 0.6) is 0 Å². The topological polar surface area (TPSA) is 34.1 Å². The van der Waals surface area contributed by atoms with E-state index in [2.05, 4.69) is 0 Å². The van der Waals surface area contributed by atoms with Crippen LogP contribution in [0, 0.1) is 5.92 Å². The lowest BCUT2D eigenvalue weighted by atomic mass is 10.3. The largest absolute Gasteiger partial charge is 0.229 e. The molecule has 8 heavy (non-hydrogen) atoms. The molecule has 1 saturated heterocycles. The maximum absolute atomic E-state index is 10.8. The van der Waals surface area contributed by atoms with E-state index in [9.17, 15) is 8.42 Å². The summed E-state index contributed by atoms with van der Waals surface area (Å²) < 4.78 is 21.6. The number of hydrogen-bond donors (Lipinski definition) is 0. The Morgan fingerprint density at radius 3 is 2.25 bits per heavy atom. The quantitative estimate of drug-likeness (QED) is 0.471. The molecule has 1 saturated carbocycles. The normalized spacial score (nSPS) is 48.5. The zero-order valence-corrected chi connectivity index (χ0v) is 5.32. The fourth-order valence-electron chi connectivity index (χ4n) is 1.43. The van der Waals surface area contributed by atoms with E-state index in [4.69, 9.17) is 0 Å². The van der Waals surface area contributed by atoms with Crippen LogP contribution in [0.25, 0.3) is 0 Å². The molecule has 3 heteroatoms. The van der Waals surface area contributed by atoms with E-state index in [0.29, 0.717) is 11.7 Å². The second-order valence-electron chi connectivity index (χ2n) is 2.69. The van der Waals surface area contributed by atoms with Gasteiger partial charge in [0.25, 0.3) is 0 Å². The number of sulfone groups is 1. The van der Waals surface area contributed by atoms with Gasteiger partial charge in [0.1, 0.15) is 0 Å². The summed E-state index contributed by atoms with van der Waals surface area (Å²) in [6.07, 6.45) is 1.90. The van der Waals surface area contributed by atoms with Gasteiger partial charge in [-0.25, -0.2) is 8.42 Å². The van der Waals surface area contributed by atoms with Gasteiger partial charge in [0.2, 0.25) is 0 Å². The fraction of sp³-hybridized carbons (Fsp3) is 1.00. The Labute approximate surface area is 48.8 Å². The molecule has 0 amide bonds.